The van der Waals surface area contributed by atoms with Crippen LogP contribution < -0.4 is 28.6 Å². The molecular weight excluding hydrogens is 2030 g/mol. The van der Waals surface area contributed by atoms with Crippen LogP contribution >= 0.6 is 56.6 Å². The number of rotatable bonds is 7. The van der Waals surface area contributed by atoms with Crippen molar-refractivity contribution < 1.29 is 382 Å². The first-order valence-electron chi connectivity index (χ1n) is 18.8. The molecule has 0 N–H and O–H groups in total. The van der Waals surface area contributed by atoms with E-state index < -0.39 is 46.9 Å². The van der Waals surface area contributed by atoms with Gasteiger partial charge in [-0.2, -0.15) is 42.1 Å². The topological polar surface area (TPSA) is 190 Å². The summed E-state index contributed by atoms with van der Waals surface area (Å²) in [6.45, 7) is 22.6. The predicted molar refractivity (Wildman–Crippen MR) is 263 cm³/mol. The van der Waals surface area contributed by atoms with Crippen LogP contribution in [-0.4, -0.2) is 181 Å². The van der Waals surface area contributed by atoms with Crippen molar-refractivity contribution in [1.29, 1.82) is 0 Å². The number of amides is 1. The minimum Gasteiger partial charge on any atom is -1.00 e. The Morgan fingerprint density at radius 1 is 0.700 bits per heavy atom. The molecule has 0 aliphatic carbocycles. The van der Waals surface area contributed by atoms with E-state index >= 15 is 0 Å². The molecule has 8 radical (unpaired) electrons. The molecule has 0 aromatic carbocycles. The molecule has 7 heterocycles. The third-order valence-electron chi connectivity index (χ3n) is 6.38. The third kappa shape index (κ3) is 85.2. The molecule has 4 fully saturated rings. The van der Waals surface area contributed by atoms with Crippen LogP contribution in [0, 0.1) is 31.1 Å². The van der Waals surface area contributed by atoms with Gasteiger partial charge >= 0.3 is 28.9 Å². The SMILES string of the molecule is CON(C)[C-]=O.C[Si](C)(C)C(F)(F)F.C[Si](C)(C)c1nccs1.F[C-](F)C1COC1.F[C-](F)c1nccs1.IC1COC1.O=[C-]C(F)(F)F.O=[C-]C1COC1.O=[C-]c1nccs1.[CH-]1COC1.[CH-]=O.[CH-]=O.[I-].[Mg+2].[Y].[Y].[Y].[Y].[Y].[Y].[Y].[Y]. The van der Waals surface area contributed by atoms with Gasteiger partial charge in [0.25, 0.3) is 6.18 Å². The van der Waals surface area contributed by atoms with Crippen molar-refractivity contribution in [3.05, 3.63) is 64.0 Å². The van der Waals surface area contributed by atoms with Gasteiger partial charge in [-0.1, -0.05) is 86.9 Å². The number of aromatic nitrogens is 3. The molecule has 0 atom stereocenters. The number of ether oxygens (including phenoxy) is 4. The molecule has 4 aliphatic rings. The molecule has 0 saturated carbocycles. The molecule has 41 heteroatoms. The summed E-state index contributed by atoms with van der Waals surface area (Å²) in [7, 11) is -1.07. The maximum Gasteiger partial charge on any atom is 2.00 e. The number of hydroxylamine groups is 2. The predicted octanol–water partition coefficient (Wildman–Crippen LogP) is 4.74. The van der Waals surface area contributed by atoms with Crippen LogP contribution in [0.15, 0.2) is 34.7 Å². The monoisotopic (exact) mass is 2080 g/mol. The molecule has 3 aromatic heterocycles. The van der Waals surface area contributed by atoms with E-state index in [2.05, 4.69) is 96.2 Å². The molecule has 4 saturated heterocycles. The Balaban J connectivity index is -0.0000000444. The van der Waals surface area contributed by atoms with E-state index in [1.807, 2.05) is 17.9 Å². The summed E-state index contributed by atoms with van der Waals surface area (Å²) in [5.41, 5.74) is 0. The van der Waals surface area contributed by atoms with Crippen molar-refractivity contribution in [1.82, 2.24) is 20.0 Å². The van der Waals surface area contributed by atoms with Crippen molar-refractivity contribution in [2.75, 3.05) is 67.0 Å². The second-order valence-corrected chi connectivity index (χ2v) is 28.9. The Bertz CT molecular complexity index is 1650. The van der Waals surface area contributed by atoms with E-state index in [0.717, 1.165) is 46.8 Å². The minimum atomic E-state index is -4.76. The zero-order chi connectivity index (χ0) is 55.4. The number of nitrogens with zero attached hydrogens (tertiary/aromatic N) is 4. The van der Waals surface area contributed by atoms with Crippen molar-refractivity contribution >= 4 is 139 Å². The fourth-order valence-corrected chi connectivity index (χ4v) is 6.05. The maximum atomic E-state index is 11.6. The molecule has 15 nitrogen and oxygen atoms in total. The molecular formula is C39H52F10I2MgN4O11S3Si2Y8-8. The van der Waals surface area contributed by atoms with Gasteiger partial charge in [0.1, 0.15) is 8.07 Å². The van der Waals surface area contributed by atoms with Gasteiger partial charge in [-0.3, -0.25) is 41.2 Å². The van der Waals surface area contributed by atoms with Crippen molar-refractivity contribution in [2.24, 2.45) is 11.8 Å². The summed E-state index contributed by atoms with van der Waals surface area (Å²) in [5, 5.41) is 6.47. The molecule has 80 heavy (non-hydrogen) atoms. The summed E-state index contributed by atoms with van der Waals surface area (Å²) >= 11 is 6.37. The first-order valence-corrected chi connectivity index (χ1v) is 29.7. The zero-order valence-corrected chi connectivity index (χ0v) is 77.3. The second kappa shape index (κ2) is 80.4. The molecule has 438 valence electrons. The van der Waals surface area contributed by atoms with E-state index in [1.54, 1.807) is 29.2 Å². The van der Waals surface area contributed by atoms with E-state index in [9.17, 15) is 58.3 Å². The van der Waals surface area contributed by atoms with Crippen LogP contribution in [0.5, 0.6) is 0 Å². The summed E-state index contributed by atoms with van der Waals surface area (Å²) in [6.07, 6.45) is 3.75. The van der Waals surface area contributed by atoms with E-state index in [4.69, 9.17) is 19.1 Å². The summed E-state index contributed by atoms with van der Waals surface area (Å²) in [4.78, 5) is 68.3. The number of alkyl halides is 7. The van der Waals surface area contributed by atoms with Crippen LogP contribution in [0.3, 0.4) is 0 Å². The van der Waals surface area contributed by atoms with Crippen molar-refractivity contribution in [3.63, 3.8) is 0 Å². The fourth-order valence-electron chi connectivity index (χ4n) is 2.21. The molecule has 4 aliphatic heterocycles. The van der Waals surface area contributed by atoms with Gasteiger partial charge in [-0.05, 0) is 18.5 Å². The molecule has 7 rings (SSSR count). The van der Waals surface area contributed by atoms with Gasteiger partial charge < -0.3 is 99.2 Å². The smallest absolute Gasteiger partial charge is 1.00 e. The van der Waals surface area contributed by atoms with Crippen molar-refractivity contribution in [2.45, 2.75) is 55.2 Å². The summed E-state index contributed by atoms with van der Waals surface area (Å²) in [6, 6.07) is 0. The molecule has 1 amide bonds. The van der Waals surface area contributed by atoms with Gasteiger partial charge in [0.05, 0.1) is 28.9 Å². The largest absolute Gasteiger partial charge is 2.00 e. The Morgan fingerprint density at radius 3 is 1.12 bits per heavy atom. The van der Waals surface area contributed by atoms with Crippen LogP contribution in [0.4, 0.5) is 43.9 Å². The number of hydrogen-bond donors (Lipinski definition) is 0. The Morgan fingerprint density at radius 2 is 1.05 bits per heavy atom. The zero-order valence-electron chi connectivity index (χ0n) is 44.5. The van der Waals surface area contributed by atoms with Crippen LogP contribution in [0.1, 0.15) is 10.0 Å². The normalized spacial score (nSPS) is 12.4. The molecule has 3 aromatic rings. The van der Waals surface area contributed by atoms with E-state index in [1.165, 1.54) is 67.8 Å². The number of carbonyl (C=O) groups excluding carboxylic acids is 6. The van der Waals surface area contributed by atoms with Gasteiger partial charge in [0.15, 0.2) is 8.07 Å². The number of halogens is 12. The van der Waals surface area contributed by atoms with Gasteiger partial charge in [0, 0.05) is 334 Å². The Kier molecular flexibility index (Phi) is 125. The van der Waals surface area contributed by atoms with Gasteiger partial charge in [-0.15, -0.1) is 17.7 Å². The van der Waals surface area contributed by atoms with Gasteiger partial charge in [0.2, 0.25) is 0 Å². The average molecular weight is 2080 g/mol. The Labute approximate surface area is 725 Å². The van der Waals surface area contributed by atoms with Crippen LogP contribution in [-0.2, 0) is 314 Å². The van der Waals surface area contributed by atoms with E-state index in [-0.39, 0.29) is 339 Å². The molecule has 0 spiro atoms. The first kappa shape index (κ1) is 124. The maximum absolute atomic E-state index is 11.6. The number of thiazole rings is 3. The van der Waals surface area contributed by atoms with Crippen LogP contribution in [0.2, 0.25) is 39.3 Å². The third-order valence-corrected chi connectivity index (χ3v) is 14.4. The standard InChI is InChI=1S/C6H11NSSi.C4H9F3Si.C4H2F2NS.C4H5F2O.C4H2NOS.C4H5O2.C3H5IO.C3H6NO2.C3H5O.C2F3O.2CHO.HI.Mg.8Y/c1-9(2,3)6-7-4-5-8-6;1-8(2,3)4(5,6)7;5-3(6)4-7-1-2-8-4;5-4(6)3-1-7-2-3;6-3-4-5-1-2-7-4;5-1-4-2-6-3-4;4-3-1-5-2-3;1-4(3-5)6-2;1-2-4-3-1;3-2(4,5)1-6;2*1-2;;;;;;;;;;/h4-5H,1-3H3;1-3H3;1-2H;3H,1-2H2;1-2H;4H,2-3H2;3H,1-2H2;1-2H3;1H,2-3H2;;2*1H;1H;;;;;;;;;/q;;4*-1;;5*-1;;+2;;;;;;;;/p-1. The first-order chi connectivity index (χ1) is 32.6. The second-order valence-electron chi connectivity index (χ2n) is 14.1. The minimum absolute atomic E-state index is 0. The van der Waals surface area contributed by atoms with Gasteiger partial charge in [-0.25, -0.2) is 19.5 Å². The molecule has 0 unspecified atom stereocenters. The average Bonchev–Trinajstić information content (AvgIpc) is 4.06. The molecule has 0 bridgehead atoms. The quantitative estimate of drug-likeness (QED) is 0.0461. The van der Waals surface area contributed by atoms with Crippen molar-refractivity contribution in [3.8, 4) is 0 Å². The Hall–Kier alpha value is 7.17. The van der Waals surface area contributed by atoms with Crippen LogP contribution in [0.25, 0.3) is 0 Å². The fraction of sp³-hybridized carbons (Fsp3) is 0.538. The number of hydrogen-bond acceptors (Lipinski definition) is 17. The summed E-state index contributed by atoms with van der Waals surface area (Å²) in [5.74, 6) is -4.39. The van der Waals surface area contributed by atoms with E-state index in [0.29, 0.717) is 18.2 Å². The summed E-state index contributed by atoms with van der Waals surface area (Å²) < 4.78 is 132.